The Labute approximate surface area is 101 Å². The first-order valence-electron chi connectivity index (χ1n) is 4.91. The topological polar surface area (TPSA) is 58.0 Å². The quantitative estimate of drug-likeness (QED) is 0.456. The van der Waals surface area contributed by atoms with Crippen molar-refractivity contribution in [1.82, 2.24) is 0 Å². The summed E-state index contributed by atoms with van der Waals surface area (Å²) in [5.41, 5.74) is 7.59. The van der Waals surface area contributed by atoms with Crippen LogP contribution in [0.15, 0.2) is 29.4 Å². The largest absolute Gasteiger partial charge is 0.497 e. The van der Waals surface area contributed by atoms with Gasteiger partial charge in [0, 0.05) is 11.5 Å². The number of halogens is 3. The zero-order valence-corrected chi connectivity index (χ0v) is 9.48. The van der Waals surface area contributed by atoms with E-state index in [1.165, 1.54) is 25.3 Å². The molecule has 0 atom stereocenters. The predicted molar refractivity (Wildman–Crippen MR) is 61.0 cm³/mol. The van der Waals surface area contributed by atoms with Crippen molar-refractivity contribution in [3.05, 3.63) is 45.8 Å². The standard InChI is InChI=1S/C11H10F3N3O/c1-18-10-6-8(3-2-4-16-17-15)5-9(7-10)11(12,13)14/h2-3,5-7H,4H2,1H3. The molecule has 0 unspecified atom stereocenters. The van der Waals surface area contributed by atoms with Gasteiger partial charge in [0.05, 0.1) is 12.7 Å². The molecule has 0 aliphatic heterocycles. The van der Waals surface area contributed by atoms with E-state index in [0.29, 0.717) is 5.56 Å². The van der Waals surface area contributed by atoms with E-state index in [2.05, 4.69) is 10.0 Å². The fraction of sp³-hybridized carbons (Fsp3) is 0.273. The summed E-state index contributed by atoms with van der Waals surface area (Å²) in [4.78, 5) is 2.53. The first kappa shape index (κ1) is 13.9. The maximum atomic E-state index is 12.6. The number of benzene rings is 1. The van der Waals surface area contributed by atoms with E-state index in [9.17, 15) is 13.2 Å². The van der Waals surface area contributed by atoms with Gasteiger partial charge < -0.3 is 4.74 Å². The maximum Gasteiger partial charge on any atom is 0.416 e. The number of nitrogens with zero attached hydrogens (tertiary/aromatic N) is 3. The Bertz CT molecular complexity index is 491. The lowest BCUT2D eigenvalue weighted by molar-refractivity contribution is -0.137. The van der Waals surface area contributed by atoms with Crippen molar-refractivity contribution < 1.29 is 17.9 Å². The van der Waals surface area contributed by atoms with Crippen LogP contribution < -0.4 is 4.74 Å². The molecule has 1 aromatic carbocycles. The average molecular weight is 257 g/mol. The predicted octanol–water partition coefficient (Wildman–Crippen LogP) is 4.04. The van der Waals surface area contributed by atoms with Gasteiger partial charge in [-0.1, -0.05) is 17.3 Å². The molecule has 0 saturated carbocycles. The third kappa shape index (κ3) is 4.03. The first-order chi connectivity index (χ1) is 8.47. The van der Waals surface area contributed by atoms with Gasteiger partial charge in [0.25, 0.3) is 0 Å². The van der Waals surface area contributed by atoms with E-state index in [-0.39, 0.29) is 12.3 Å². The molecule has 0 fully saturated rings. The highest BCUT2D eigenvalue weighted by Gasteiger charge is 2.31. The van der Waals surface area contributed by atoms with E-state index in [4.69, 9.17) is 10.3 Å². The number of alkyl halides is 3. The Morgan fingerprint density at radius 1 is 1.39 bits per heavy atom. The highest BCUT2D eigenvalue weighted by Crippen LogP contribution is 2.32. The van der Waals surface area contributed by atoms with Crippen molar-refractivity contribution in [1.29, 1.82) is 0 Å². The number of methoxy groups -OCH3 is 1. The van der Waals surface area contributed by atoms with Crippen LogP contribution in [0, 0.1) is 0 Å². The summed E-state index contributed by atoms with van der Waals surface area (Å²) in [6.45, 7) is 0.0784. The molecule has 0 N–H and O–H groups in total. The van der Waals surface area contributed by atoms with Crippen molar-refractivity contribution in [2.75, 3.05) is 13.7 Å². The Hall–Kier alpha value is -2.14. The van der Waals surface area contributed by atoms with Gasteiger partial charge in [0.2, 0.25) is 0 Å². The summed E-state index contributed by atoms with van der Waals surface area (Å²) < 4.78 is 42.5. The number of ether oxygens (including phenoxy) is 1. The fourth-order valence-corrected chi connectivity index (χ4v) is 1.27. The van der Waals surface area contributed by atoms with Gasteiger partial charge in [-0.25, -0.2) is 0 Å². The molecule has 1 aromatic rings. The highest BCUT2D eigenvalue weighted by atomic mass is 19.4. The second kappa shape index (κ2) is 5.97. The average Bonchev–Trinajstić information content (AvgIpc) is 2.33. The van der Waals surface area contributed by atoms with Crippen LogP contribution >= 0.6 is 0 Å². The summed E-state index contributed by atoms with van der Waals surface area (Å²) in [5.74, 6) is 0.119. The molecule has 0 aliphatic carbocycles. The minimum atomic E-state index is -4.43. The molecular weight excluding hydrogens is 247 g/mol. The van der Waals surface area contributed by atoms with Crippen LogP contribution in [0.2, 0.25) is 0 Å². The number of hydrogen-bond acceptors (Lipinski definition) is 2. The normalized spacial score (nSPS) is 11.3. The summed E-state index contributed by atoms with van der Waals surface area (Å²) in [6.07, 6.45) is -1.52. The maximum absolute atomic E-state index is 12.6. The van der Waals surface area contributed by atoms with Gasteiger partial charge in [-0.2, -0.15) is 13.2 Å². The lowest BCUT2D eigenvalue weighted by atomic mass is 10.1. The highest BCUT2D eigenvalue weighted by molar-refractivity contribution is 5.54. The second-order valence-electron chi connectivity index (χ2n) is 3.31. The van der Waals surface area contributed by atoms with Gasteiger partial charge in [0.15, 0.2) is 0 Å². The summed E-state index contributed by atoms with van der Waals surface area (Å²) in [6, 6.07) is 3.38. The molecule has 4 nitrogen and oxygen atoms in total. The lowest BCUT2D eigenvalue weighted by Gasteiger charge is -2.09. The van der Waals surface area contributed by atoms with Crippen molar-refractivity contribution in [2.24, 2.45) is 5.11 Å². The van der Waals surface area contributed by atoms with Gasteiger partial charge in [-0.3, -0.25) is 0 Å². The van der Waals surface area contributed by atoms with Gasteiger partial charge in [0.1, 0.15) is 5.75 Å². The Morgan fingerprint density at radius 3 is 2.67 bits per heavy atom. The fourth-order valence-electron chi connectivity index (χ4n) is 1.27. The van der Waals surface area contributed by atoms with Gasteiger partial charge in [-0.15, -0.1) is 0 Å². The van der Waals surface area contributed by atoms with E-state index in [0.717, 1.165) is 12.1 Å². The molecular formula is C11H10F3N3O. The molecule has 0 amide bonds. The second-order valence-corrected chi connectivity index (χ2v) is 3.31. The van der Waals surface area contributed by atoms with E-state index in [1.54, 1.807) is 0 Å². The van der Waals surface area contributed by atoms with Gasteiger partial charge in [-0.05, 0) is 29.3 Å². The van der Waals surface area contributed by atoms with E-state index in [1.807, 2.05) is 0 Å². The third-order valence-corrected chi connectivity index (χ3v) is 2.05. The third-order valence-electron chi connectivity index (χ3n) is 2.05. The van der Waals surface area contributed by atoms with Crippen LogP contribution in [-0.2, 0) is 6.18 Å². The van der Waals surface area contributed by atoms with Crippen molar-refractivity contribution >= 4 is 6.08 Å². The molecule has 0 bridgehead atoms. The van der Waals surface area contributed by atoms with E-state index < -0.39 is 11.7 Å². The Morgan fingerprint density at radius 2 is 2.11 bits per heavy atom. The van der Waals surface area contributed by atoms with Crippen molar-refractivity contribution in [2.45, 2.75) is 6.18 Å². The minimum absolute atomic E-state index is 0.0784. The molecule has 0 aromatic heterocycles. The molecule has 1 rings (SSSR count). The van der Waals surface area contributed by atoms with E-state index >= 15 is 0 Å². The molecule has 0 radical (unpaired) electrons. The van der Waals surface area contributed by atoms with Crippen molar-refractivity contribution in [3.8, 4) is 5.75 Å². The summed E-state index contributed by atoms with van der Waals surface area (Å²) >= 11 is 0. The lowest BCUT2D eigenvalue weighted by Crippen LogP contribution is -2.05. The Kier molecular flexibility index (Phi) is 4.62. The molecule has 0 saturated heterocycles. The zero-order chi connectivity index (χ0) is 13.6. The number of rotatable bonds is 4. The molecule has 18 heavy (non-hydrogen) atoms. The molecule has 0 aliphatic rings. The van der Waals surface area contributed by atoms with Crippen LogP contribution in [-0.4, -0.2) is 13.7 Å². The molecule has 96 valence electrons. The van der Waals surface area contributed by atoms with Gasteiger partial charge >= 0.3 is 6.18 Å². The van der Waals surface area contributed by atoms with Crippen molar-refractivity contribution in [3.63, 3.8) is 0 Å². The number of azide groups is 1. The monoisotopic (exact) mass is 257 g/mol. The Balaban J connectivity index is 3.04. The van der Waals surface area contributed by atoms with Crippen LogP contribution in [0.3, 0.4) is 0 Å². The minimum Gasteiger partial charge on any atom is -0.497 e. The zero-order valence-electron chi connectivity index (χ0n) is 9.48. The molecule has 0 spiro atoms. The molecule has 7 heteroatoms. The number of hydrogen-bond donors (Lipinski definition) is 0. The SMILES string of the molecule is COc1cc(C=CCN=[N+]=[N-])cc(C(F)(F)F)c1. The van der Waals surface area contributed by atoms with Crippen LogP contribution in [0.25, 0.3) is 16.5 Å². The van der Waals surface area contributed by atoms with Crippen LogP contribution in [0.5, 0.6) is 5.75 Å². The summed E-state index contributed by atoms with van der Waals surface area (Å²) in [5, 5.41) is 3.24. The van der Waals surface area contributed by atoms with Crippen LogP contribution in [0.1, 0.15) is 11.1 Å². The van der Waals surface area contributed by atoms with Crippen LogP contribution in [0.4, 0.5) is 13.2 Å². The smallest absolute Gasteiger partial charge is 0.416 e. The molecule has 0 heterocycles. The first-order valence-corrected chi connectivity index (χ1v) is 4.91. The summed E-state index contributed by atoms with van der Waals surface area (Å²) in [7, 11) is 1.29.